The van der Waals surface area contributed by atoms with Crippen molar-refractivity contribution in [3.63, 3.8) is 0 Å². The largest absolute Gasteiger partial charge is 0.390 e. The van der Waals surface area contributed by atoms with Crippen molar-refractivity contribution in [3.8, 4) is 0 Å². The molecule has 0 aromatic heterocycles. The fourth-order valence-electron chi connectivity index (χ4n) is 5.28. The molecule has 0 aliphatic heterocycles. The molecule has 2 heteroatoms. The van der Waals surface area contributed by atoms with Crippen molar-refractivity contribution in [2.75, 3.05) is 0 Å². The Kier molecular flexibility index (Phi) is 2.17. The first-order valence-electron chi connectivity index (χ1n) is 7.13. The number of hydrogen-bond acceptors (Lipinski definition) is 2. The van der Waals surface area contributed by atoms with Crippen molar-refractivity contribution in [3.05, 3.63) is 0 Å². The Bertz CT molecular complexity index is 341. The molecule has 2 nitrogen and oxygen atoms in total. The maximum atomic E-state index is 10.7. The van der Waals surface area contributed by atoms with E-state index in [2.05, 4.69) is 13.8 Å². The summed E-state index contributed by atoms with van der Waals surface area (Å²) in [5.41, 5.74) is -0.807. The third-order valence-electron chi connectivity index (χ3n) is 6.31. The third-order valence-corrected chi connectivity index (χ3v) is 6.31. The lowest BCUT2D eigenvalue weighted by Gasteiger charge is -2.51. The fourth-order valence-corrected chi connectivity index (χ4v) is 5.28. The van der Waals surface area contributed by atoms with Gasteiger partial charge in [-0.05, 0) is 62.2 Å². The average Bonchev–Trinajstić information content (AvgIpc) is 2.66. The molecule has 0 aromatic rings. The minimum absolute atomic E-state index is 0.300. The van der Waals surface area contributed by atoms with Crippen LogP contribution >= 0.6 is 0 Å². The molecule has 0 spiro atoms. The van der Waals surface area contributed by atoms with Crippen molar-refractivity contribution in [1.29, 1.82) is 0 Å². The highest BCUT2D eigenvalue weighted by atomic mass is 16.3. The summed E-state index contributed by atoms with van der Waals surface area (Å²) in [4.78, 5) is 0. The summed E-state index contributed by atoms with van der Waals surface area (Å²) in [5, 5.41) is 21.4. The molecular formula is C15H26O2. The predicted molar refractivity (Wildman–Crippen MR) is 67.5 cm³/mol. The van der Waals surface area contributed by atoms with Crippen molar-refractivity contribution < 1.29 is 10.2 Å². The molecule has 3 aliphatic rings. The molecule has 0 amide bonds. The maximum absolute atomic E-state index is 10.7. The molecule has 3 fully saturated rings. The molecule has 0 bridgehead atoms. The highest BCUT2D eigenvalue weighted by Gasteiger charge is 2.71. The second kappa shape index (κ2) is 3.08. The van der Waals surface area contributed by atoms with Crippen LogP contribution in [0.4, 0.5) is 0 Å². The summed E-state index contributed by atoms with van der Waals surface area (Å²) in [6.07, 6.45) is 3.99. The first kappa shape index (κ1) is 12.0. The molecule has 0 saturated heterocycles. The van der Waals surface area contributed by atoms with Crippen LogP contribution in [0.25, 0.3) is 0 Å². The van der Waals surface area contributed by atoms with Gasteiger partial charge in [-0.25, -0.2) is 0 Å². The zero-order valence-corrected chi connectivity index (χ0v) is 11.5. The van der Waals surface area contributed by atoms with Crippen LogP contribution in [0.5, 0.6) is 0 Å². The van der Waals surface area contributed by atoms with Gasteiger partial charge in [-0.3, -0.25) is 0 Å². The SMILES string of the molecule is CC1(O)CC2C(C3C1CCCC3(C)O)C2(C)C. The highest BCUT2D eigenvalue weighted by molar-refractivity contribution is 5.19. The van der Waals surface area contributed by atoms with E-state index in [1.807, 2.05) is 13.8 Å². The molecular weight excluding hydrogens is 212 g/mol. The molecule has 17 heavy (non-hydrogen) atoms. The molecule has 0 radical (unpaired) electrons. The van der Waals surface area contributed by atoms with Crippen molar-refractivity contribution in [1.82, 2.24) is 0 Å². The van der Waals surface area contributed by atoms with E-state index in [0.29, 0.717) is 29.1 Å². The van der Waals surface area contributed by atoms with Crippen molar-refractivity contribution >= 4 is 0 Å². The highest BCUT2D eigenvalue weighted by Crippen LogP contribution is 2.73. The number of rotatable bonds is 0. The van der Waals surface area contributed by atoms with Crippen LogP contribution in [0.1, 0.15) is 53.4 Å². The fraction of sp³-hybridized carbons (Fsp3) is 1.00. The van der Waals surface area contributed by atoms with Gasteiger partial charge in [-0.15, -0.1) is 0 Å². The lowest BCUT2D eigenvalue weighted by atomic mass is 9.58. The summed E-state index contributed by atoms with van der Waals surface area (Å²) >= 11 is 0. The quantitative estimate of drug-likeness (QED) is 0.681. The molecule has 6 unspecified atom stereocenters. The van der Waals surface area contributed by atoms with Crippen molar-refractivity contribution in [2.45, 2.75) is 64.6 Å². The molecule has 2 N–H and O–H groups in total. The zero-order valence-electron chi connectivity index (χ0n) is 11.5. The molecule has 6 atom stereocenters. The second-order valence-electron chi connectivity index (χ2n) is 7.90. The number of aliphatic hydroxyl groups is 2. The molecule has 0 heterocycles. The van der Waals surface area contributed by atoms with Gasteiger partial charge in [0.05, 0.1) is 11.2 Å². The van der Waals surface area contributed by atoms with Crippen LogP contribution < -0.4 is 0 Å². The maximum Gasteiger partial charge on any atom is 0.0654 e. The zero-order chi connectivity index (χ0) is 12.6. The summed E-state index contributed by atoms with van der Waals surface area (Å²) in [6, 6.07) is 0. The minimum atomic E-state index is -0.565. The minimum Gasteiger partial charge on any atom is -0.390 e. The summed E-state index contributed by atoms with van der Waals surface area (Å²) in [7, 11) is 0. The van der Waals surface area contributed by atoms with E-state index in [1.165, 1.54) is 0 Å². The van der Waals surface area contributed by atoms with E-state index in [1.54, 1.807) is 0 Å². The van der Waals surface area contributed by atoms with Crippen LogP contribution in [0, 0.1) is 29.1 Å². The van der Waals surface area contributed by atoms with Gasteiger partial charge in [0.15, 0.2) is 0 Å². The lowest BCUT2D eigenvalue weighted by Crippen LogP contribution is -2.54. The summed E-state index contributed by atoms with van der Waals surface area (Å²) < 4.78 is 0. The van der Waals surface area contributed by atoms with Gasteiger partial charge in [-0.1, -0.05) is 20.3 Å². The van der Waals surface area contributed by atoms with Gasteiger partial charge in [0.25, 0.3) is 0 Å². The first-order chi connectivity index (χ1) is 7.68. The predicted octanol–water partition coefficient (Wildman–Crippen LogP) is 2.58. The third kappa shape index (κ3) is 1.46. The van der Waals surface area contributed by atoms with E-state index in [9.17, 15) is 10.2 Å². The van der Waals surface area contributed by atoms with E-state index >= 15 is 0 Å². The van der Waals surface area contributed by atoms with Gasteiger partial charge in [-0.2, -0.15) is 0 Å². The lowest BCUT2D eigenvalue weighted by molar-refractivity contribution is -0.153. The van der Waals surface area contributed by atoms with E-state index in [0.717, 1.165) is 25.7 Å². The number of fused-ring (bicyclic) bond motifs is 3. The average molecular weight is 238 g/mol. The van der Waals surface area contributed by atoms with E-state index in [-0.39, 0.29) is 0 Å². The Labute approximate surface area is 104 Å². The van der Waals surface area contributed by atoms with Crippen LogP contribution in [0.15, 0.2) is 0 Å². The Balaban J connectivity index is 2.00. The Hall–Kier alpha value is -0.0800. The molecule has 3 aliphatic carbocycles. The van der Waals surface area contributed by atoms with Crippen molar-refractivity contribution in [2.24, 2.45) is 29.1 Å². The smallest absolute Gasteiger partial charge is 0.0654 e. The van der Waals surface area contributed by atoms with Gasteiger partial charge < -0.3 is 10.2 Å². The van der Waals surface area contributed by atoms with Gasteiger partial charge in [0, 0.05) is 0 Å². The van der Waals surface area contributed by atoms with Gasteiger partial charge in [0.1, 0.15) is 0 Å². The van der Waals surface area contributed by atoms with Gasteiger partial charge >= 0.3 is 0 Å². The van der Waals surface area contributed by atoms with Gasteiger partial charge in [0.2, 0.25) is 0 Å². The standard InChI is InChI=1S/C15H26O2/c1-13(2)10-8-15(4,17)9-6-5-7-14(3,16)12(9)11(10)13/h9-12,16-17H,5-8H2,1-4H3. The Morgan fingerprint density at radius 2 is 1.53 bits per heavy atom. The Morgan fingerprint density at radius 3 is 2.18 bits per heavy atom. The summed E-state index contributed by atoms with van der Waals surface area (Å²) in [6.45, 7) is 8.62. The van der Waals surface area contributed by atoms with Crippen LogP contribution in [0.3, 0.4) is 0 Å². The molecule has 98 valence electrons. The summed E-state index contributed by atoms with van der Waals surface area (Å²) in [5.74, 6) is 1.85. The number of hydrogen-bond donors (Lipinski definition) is 2. The molecule has 0 aromatic carbocycles. The monoisotopic (exact) mass is 238 g/mol. The molecule has 3 rings (SSSR count). The topological polar surface area (TPSA) is 40.5 Å². The van der Waals surface area contributed by atoms with Crippen LogP contribution in [0.2, 0.25) is 0 Å². The second-order valence-corrected chi connectivity index (χ2v) is 7.90. The Morgan fingerprint density at radius 1 is 0.882 bits per heavy atom. The van der Waals surface area contributed by atoms with Crippen LogP contribution in [-0.2, 0) is 0 Å². The van der Waals surface area contributed by atoms with Crippen LogP contribution in [-0.4, -0.2) is 21.4 Å². The molecule has 3 saturated carbocycles. The normalized spacial score (nSPS) is 60.4. The van der Waals surface area contributed by atoms with E-state index in [4.69, 9.17) is 0 Å². The first-order valence-corrected chi connectivity index (χ1v) is 7.13. The van der Waals surface area contributed by atoms with E-state index < -0.39 is 11.2 Å².